The molecule has 0 bridgehead atoms. The normalized spacial score (nSPS) is 16.0. The van der Waals surface area contributed by atoms with Gasteiger partial charge in [-0.1, -0.05) is 22.8 Å². The van der Waals surface area contributed by atoms with E-state index >= 15 is 0 Å². The van der Waals surface area contributed by atoms with E-state index in [9.17, 15) is 8.42 Å². The Balaban J connectivity index is 1.44. The SMILES string of the molecule is COc1ccc2c(c1S(=O)(=O)Nc1noc3cc(Cn4cccn4)c(Cl)c(OC)c13)OCCC21CC1. The summed E-state index contributed by atoms with van der Waals surface area (Å²) in [7, 11) is -1.34. The smallest absolute Gasteiger partial charge is 0.270 e. The minimum Gasteiger partial charge on any atom is -0.495 e. The molecule has 10 nitrogen and oxygen atoms in total. The molecular weight excluding hydrogens is 508 g/mol. The summed E-state index contributed by atoms with van der Waals surface area (Å²) in [4.78, 5) is -0.0648. The van der Waals surface area contributed by atoms with Gasteiger partial charge in [0, 0.05) is 23.4 Å². The van der Waals surface area contributed by atoms with Gasteiger partial charge in [-0.25, -0.2) is 8.42 Å². The highest BCUT2D eigenvalue weighted by Crippen LogP contribution is 2.58. The van der Waals surface area contributed by atoms with Crippen LogP contribution in [0.2, 0.25) is 5.02 Å². The van der Waals surface area contributed by atoms with Crippen molar-refractivity contribution >= 4 is 38.4 Å². The minimum atomic E-state index is -4.21. The fraction of sp³-hybridized carbons (Fsp3) is 0.333. The van der Waals surface area contributed by atoms with E-state index in [1.807, 2.05) is 6.07 Å². The zero-order chi connectivity index (χ0) is 25.1. The summed E-state index contributed by atoms with van der Waals surface area (Å²) in [5, 5.41) is 8.80. The van der Waals surface area contributed by atoms with Crippen molar-refractivity contribution in [3.63, 3.8) is 0 Å². The van der Waals surface area contributed by atoms with Crippen molar-refractivity contribution in [3.05, 3.63) is 52.8 Å². The number of fused-ring (bicyclic) bond motifs is 3. The third-order valence-electron chi connectivity index (χ3n) is 6.88. The van der Waals surface area contributed by atoms with E-state index < -0.39 is 10.0 Å². The molecule has 2 aliphatic rings. The number of anilines is 1. The molecule has 188 valence electrons. The first kappa shape index (κ1) is 23.0. The van der Waals surface area contributed by atoms with Gasteiger partial charge in [-0.2, -0.15) is 5.10 Å². The van der Waals surface area contributed by atoms with E-state index in [-0.39, 0.29) is 27.6 Å². The van der Waals surface area contributed by atoms with Gasteiger partial charge in [-0.15, -0.1) is 0 Å². The van der Waals surface area contributed by atoms with Crippen molar-refractivity contribution in [1.29, 1.82) is 0 Å². The predicted molar refractivity (Wildman–Crippen MR) is 132 cm³/mol. The first-order valence-electron chi connectivity index (χ1n) is 11.4. The number of nitrogens with one attached hydrogen (secondary N) is 1. The topological polar surface area (TPSA) is 118 Å². The van der Waals surface area contributed by atoms with Crippen LogP contribution in [0.4, 0.5) is 5.82 Å². The maximum Gasteiger partial charge on any atom is 0.270 e. The van der Waals surface area contributed by atoms with E-state index in [0.29, 0.717) is 40.5 Å². The molecule has 12 heteroatoms. The molecule has 4 aromatic rings. The van der Waals surface area contributed by atoms with Crippen molar-refractivity contribution in [2.45, 2.75) is 36.1 Å². The van der Waals surface area contributed by atoms with Gasteiger partial charge in [-0.3, -0.25) is 9.40 Å². The van der Waals surface area contributed by atoms with Crippen LogP contribution >= 0.6 is 11.6 Å². The maximum atomic E-state index is 13.8. The molecule has 36 heavy (non-hydrogen) atoms. The highest BCUT2D eigenvalue weighted by Gasteiger charge is 2.49. The molecule has 1 fully saturated rings. The number of halogens is 1. The molecule has 0 saturated heterocycles. The van der Waals surface area contributed by atoms with Crippen molar-refractivity contribution < 1.29 is 27.2 Å². The summed E-state index contributed by atoms with van der Waals surface area (Å²) in [6, 6.07) is 7.06. The van der Waals surface area contributed by atoms with E-state index in [2.05, 4.69) is 15.0 Å². The van der Waals surface area contributed by atoms with Gasteiger partial charge in [0.05, 0.1) is 32.4 Å². The lowest BCUT2D eigenvalue weighted by atomic mass is 9.90. The minimum absolute atomic E-state index is 0.0214. The molecule has 0 radical (unpaired) electrons. The van der Waals surface area contributed by atoms with Crippen LogP contribution in [-0.2, 0) is 22.0 Å². The Labute approximate surface area is 212 Å². The van der Waals surface area contributed by atoms with Crippen molar-refractivity contribution in [3.8, 4) is 17.2 Å². The van der Waals surface area contributed by atoms with Crippen LogP contribution in [-0.4, -0.2) is 44.2 Å². The Morgan fingerprint density at radius 2 is 2.06 bits per heavy atom. The van der Waals surface area contributed by atoms with Crippen LogP contribution in [0.3, 0.4) is 0 Å². The number of sulfonamides is 1. The summed E-state index contributed by atoms with van der Waals surface area (Å²) in [5.41, 5.74) is 1.86. The number of aromatic nitrogens is 3. The molecule has 2 aromatic heterocycles. The van der Waals surface area contributed by atoms with Gasteiger partial charge in [-0.05, 0) is 43.0 Å². The van der Waals surface area contributed by atoms with E-state index in [0.717, 1.165) is 24.8 Å². The largest absolute Gasteiger partial charge is 0.495 e. The van der Waals surface area contributed by atoms with Crippen LogP contribution in [0, 0.1) is 0 Å². The molecular formula is C24H23ClN4O6S. The molecule has 1 aliphatic heterocycles. The Kier molecular flexibility index (Phi) is 5.31. The molecule has 6 rings (SSSR count). The second-order valence-electron chi connectivity index (χ2n) is 8.95. The zero-order valence-corrected chi connectivity index (χ0v) is 21.1. The van der Waals surface area contributed by atoms with Crippen molar-refractivity contribution in [2.75, 3.05) is 25.5 Å². The number of hydrogen-bond acceptors (Lipinski definition) is 8. The lowest BCUT2D eigenvalue weighted by Gasteiger charge is -2.28. The predicted octanol–water partition coefficient (Wildman–Crippen LogP) is 4.36. The Morgan fingerprint density at radius 1 is 1.22 bits per heavy atom. The summed E-state index contributed by atoms with van der Waals surface area (Å²) in [6.07, 6.45) is 6.34. The van der Waals surface area contributed by atoms with Crippen molar-refractivity contribution in [2.24, 2.45) is 0 Å². The van der Waals surface area contributed by atoms with Crippen LogP contribution in [0.1, 0.15) is 30.4 Å². The van der Waals surface area contributed by atoms with E-state index in [1.165, 1.54) is 14.2 Å². The molecule has 0 unspecified atom stereocenters. The number of hydrogen-bond donors (Lipinski definition) is 1. The number of methoxy groups -OCH3 is 2. The zero-order valence-electron chi connectivity index (χ0n) is 19.6. The first-order chi connectivity index (χ1) is 17.4. The second-order valence-corrected chi connectivity index (χ2v) is 10.9. The molecule has 3 heterocycles. The Hall–Kier alpha value is -3.44. The number of ether oxygens (including phenoxy) is 3. The fourth-order valence-electron chi connectivity index (χ4n) is 4.90. The average molecular weight is 531 g/mol. The Bertz CT molecular complexity index is 1580. The second kappa shape index (κ2) is 8.31. The van der Waals surface area contributed by atoms with Gasteiger partial charge < -0.3 is 18.7 Å². The lowest BCUT2D eigenvalue weighted by molar-refractivity contribution is 0.250. The molecule has 1 aliphatic carbocycles. The van der Waals surface area contributed by atoms with Crippen molar-refractivity contribution in [1.82, 2.24) is 14.9 Å². The third-order valence-corrected chi connectivity index (χ3v) is 8.68. The van der Waals surface area contributed by atoms with Crippen LogP contribution in [0.25, 0.3) is 11.0 Å². The molecule has 0 atom stereocenters. The first-order valence-corrected chi connectivity index (χ1v) is 13.2. The number of benzene rings is 2. The van der Waals surface area contributed by atoms with E-state index in [4.69, 9.17) is 30.3 Å². The highest BCUT2D eigenvalue weighted by molar-refractivity contribution is 7.93. The quantitative estimate of drug-likeness (QED) is 0.374. The van der Waals surface area contributed by atoms with Gasteiger partial charge in [0.2, 0.25) is 0 Å². The fourth-order valence-corrected chi connectivity index (χ4v) is 6.51. The Morgan fingerprint density at radius 3 is 2.75 bits per heavy atom. The van der Waals surface area contributed by atoms with Crippen LogP contribution in [0.15, 0.2) is 46.1 Å². The van der Waals surface area contributed by atoms with Gasteiger partial charge >= 0.3 is 0 Å². The monoisotopic (exact) mass is 530 g/mol. The lowest BCUT2D eigenvalue weighted by Crippen LogP contribution is -2.24. The summed E-state index contributed by atoms with van der Waals surface area (Å²) < 4.78 is 54.1. The number of rotatable bonds is 7. The van der Waals surface area contributed by atoms with Crippen LogP contribution in [0.5, 0.6) is 17.2 Å². The van der Waals surface area contributed by atoms with Crippen LogP contribution < -0.4 is 18.9 Å². The molecule has 1 saturated carbocycles. The molecule has 1 N–H and O–H groups in total. The van der Waals surface area contributed by atoms with Gasteiger partial charge in [0.25, 0.3) is 10.0 Å². The van der Waals surface area contributed by atoms with E-state index in [1.54, 1.807) is 35.3 Å². The van der Waals surface area contributed by atoms with Gasteiger partial charge in [0.1, 0.15) is 16.9 Å². The standard InChI is InChI=1S/C24H23ClN4O6S/c1-32-16-5-4-15-20(34-11-8-24(15)6-7-24)22(16)36(30,31)28-23-18-17(35-27-23)12-14(19(25)21(18)33-2)13-29-10-3-9-26-29/h3-5,9-10,12H,6-8,11,13H2,1-2H3,(H,27,28). The average Bonchev–Trinajstić information content (AvgIpc) is 3.24. The molecule has 0 amide bonds. The highest BCUT2D eigenvalue weighted by atomic mass is 35.5. The summed E-state index contributed by atoms with van der Waals surface area (Å²) >= 11 is 6.65. The summed E-state index contributed by atoms with van der Waals surface area (Å²) in [5.74, 6) is 0.694. The third kappa shape index (κ3) is 3.56. The maximum absolute atomic E-state index is 13.8. The molecule has 1 spiro atoms. The summed E-state index contributed by atoms with van der Waals surface area (Å²) in [6.45, 7) is 0.810. The van der Waals surface area contributed by atoms with Gasteiger partial charge in [0.15, 0.2) is 22.0 Å². The number of nitrogens with zero attached hydrogens (tertiary/aromatic N) is 3. The molecule has 2 aromatic carbocycles.